The maximum absolute atomic E-state index is 10.6. The van der Waals surface area contributed by atoms with Crippen molar-refractivity contribution in [1.82, 2.24) is 10.2 Å². The van der Waals surface area contributed by atoms with E-state index in [0.29, 0.717) is 13.1 Å². The van der Waals surface area contributed by atoms with Gasteiger partial charge in [-0.25, -0.2) is 0 Å². The van der Waals surface area contributed by atoms with Crippen molar-refractivity contribution in [3.05, 3.63) is 0 Å². The van der Waals surface area contributed by atoms with E-state index >= 15 is 0 Å². The summed E-state index contributed by atoms with van der Waals surface area (Å²) in [5, 5.41) is 20.9. The Morgan fingerprint density at radius 3 is 2.43 bits per heavy atom. The van der Waals surface area contributed by atoms with E-state index in [-0.39, 0.29) is 18.6 Å². The van der Waals surface area contributed by atoms with Crippen LogP contribution >= 0.6 is 0 Å². The number of aliphatic hydroxyl groups excluding tert-OH is 2. The van der Waals surface area contributed by atoms with Crippen LogP contribution in [0.3, 0.4) is 0 Å². The van der Waals surface area contributed by atoms with E-state index < -0.39 is 6.23 Å². The van der Waals surface area contributed by atoms with E-state index in [1.165, 1.54) is 6.92 Å². The second-order valence-corrected chi connectivity index (χ2v) is 3.38. The third kappa shape index (κ3) is 5.16. The maximum Gasteiger partial charge on any atom is 0.216 e. The fraction of sp³-hybridized carbons (Fsp3) is 0.889. The van der Waals surface area contributed by atoms with E-state index in [9.17, 15) is 9.90 Å². The lowest BCUT2D eigenvalue weighted by atomic mass is 10.3. The molecule has 0 rings (SSSR count). The average Bonchev–Trinajstić information content (AvgIpc) is 2.10. The van der Waals surface area contributed by atoms with Crippen molar-refractivity contribution in [2.45, 2.75) is 33.0 Å². The Morgan fingerprint density at radius 2 is 2.07 bits per heavy atom. The van der Waals surface area contributed by atoms with Gasteiger partial charge in [-0.05, 0) is 13.8 Å². The molecule has 2 unspecified atom stereocenters. The summed E-state index contributed by atoms with van der Waals surface area (Å²) in [7, 11) is 0. The van der Waals surface area contributed by atoms with Gasteiger partial charge in [0.25, 0.3) is 0 Å². The molecule has 0 aliphatic rings. The van der Waals surface area contributed by atoms with E-state index in [4.69, 9.17) is 5.11 Å². The van der Waals surface area contributed by atoms with Gasteiger partial charge in [0, 0.05) is 26.1 Å². The Labute approximate surface area is 84.7 Å². The number of nitrogens with one attached hydrogen (secondary N) is 1. The molecule has 0 radical (unpaired) electrons. The van der Waals surface area contributed by atoms with Crippen molar-refractivity contribution in [2.75, 3.05) is 19.7 Å². The Kier molecular flexibility index (Phi) is 6.44. The van der Waals surface area contributed by atoms with Crippen molar-refractivity contribution in [2.24, 2.45) is 0 Å². The van der Waals surface area contributed by atoms with Crippen LogP contribution in [0.4, 0.5) is 0 Å². The molecule has 0 aromatic carbocycles. The summed E-state index contributed by atoms with van der Waals surface area (Å²) in [6.45, 7) is 5.90. The maximum atomic E-state index is 10.6. The molecule has 0 aromatic heterocycles. The number of amides is 1. The highest BCUT2D eigenvalue weighted by Gasteiger charge is 2.16. The number of rotatable bonds is 6. The summed E-state index contributed by atoms with van der Waals surface area (Å²) in [6.07, 6.45) is -0.620. The number of hydrogen-bond acceptors (Lipinski definition) is 4. The van der Waals surface area contributed by atoms with Crippen molar-refractivity contribution in [3.8, 4) is 0 Å². The van der Waals surface area contributed by atoms with Gasteiger partial charge in [0.1, 0.15) is 6.23 Å². The zero-order valence-electron chi connectivity index (χ0n) is 9.03. The highest BCUT2D eigenvalue weighted by molar-refractivity contribution is 5.72. The highest BCUT2D eigenvalue weighted by atomic mass is 16.3. The minimum absolute atomic E-state index is 0.00896. The summed E-state index contributed by atoms with van der Waals surface area (Å²) < 4.78 is 0. The number of aliphatic hydroxyl groups is 2. The third-order valence-electron chi connectivity index (χ3n) is 2.05. The largest absolute Gasteiger partial charge is 0.395 e. The molecule has 0 heterocycles. The van der Waals surface area contributed by atoms with E-state index in [1.54, 1.807) is 11.8 Å². The van der Waals surface area contributed by atoms with Gasteiger partial charge in [-0.3, -0.25) is 9.69 Å². The van der Waals surface area contributed by atoms with Gasteiger partial charge in [0.05, 0.1) is 6.61 Å². The van der Waals surface area contributed by atoms with E-state index in [1.807, 2.05) is 6.92 Å². The van der Waals surface area contributed by atoms with Gasteiger partial charge in [0.15, 0.2) is 0 Å². The summed E-state index contributed by atoms with van der Waals surface area (Å²) in [4.78, 5) is 12.3. The van der Waals surface area contributed by atoms with Gasteiger partial charge >= 0.3 is 0 Å². The van der Waals surface area contributed by atoms with Gasteiger partial charge in [-0.1, -0.05) is 0 Å². The van der Waals surface area contributed by atoms with E-state index in [0.717, 1.165) is 0 Å². The zero-order valence-corrected chi connectivity index (χ0v) is 9.03. The van der Waals surface area contributed by atoms with Crippen LogP contribution in [0, 0.1) is 0 Å². The number of carbonyl (C=O) groups excluding carboxylic acids is 1. The number of carbonyl (C=O) groups is 1. The van der Waals surface area contributed by atoms with E-state index in [2.05, 4.69) is 5.32 Å². The quantitative estimate of drug-likeness (QED) is 0.492. The zero-order chi connectivity index (χ0) is 11.1. The van der Waals surface area contributed by atoms with Gasteiger partial charge in [0.2, 0.25) is 5.91 Å². The van der Waals surface area contributed by atoms with Crippen molar-refractivity contribution in [1.29, 1.82) is 0 Å². The lowest BCUT2D eigenvalue weighted by Gasteiger charge is -2.30. The Bertz CT molecular complexity index is 173. The molecular weight excluding hydrogens is 184 g/mol. The van der Waals surface area contributed by atoms with Crippen molar-refractivity contribution in [3.63, 3.8) is 0 Å². The molecule has 14 heavy (non-hydrogen) atoms. The highest BCUT2D eigenvalue weighted by Crippen LogP contribution is 2.01. The molecule has 0 aliphatic heterocycles. The molecule has 3 N–H and O–H groups in total. The van der Waals surface area contributed by atoms with Gasteiger partial charge in [-0.2, -0.15) is 0 Å². The molecule has 0 bridgehead atoms. The molecule has 84 valence electrons. The molecule has 0 fully saturated rings. The predicted molar refractivity (Wildman–Crippen MR) is 53.6 cm³/mol. The predicted octanol–water partition coefficient (Wildman–Crippen LogP) is -0.856. The lowest BCUT2D eigenvalue weighted by Crippen LogP contribution is -2.45. The first kappa shape index (κ1) is 13.4. The minimum Gasteiger partial charge on any atom is -0.395 e. The topological polar surface area (TPSA) is 72.8 Å². The second kappa shape index (κ2) is 6.75. The van der Waals surface area contributed by atoms with Crippen LogP contribution in [-0.4, -0.2) is 53.0 Å². The van der Waals surface area contributed by atoms with Crippen molar-refractivity contribution >= 4 is 5.91 Å². The fourth-order valence-electron chi connectivity index (χ4n) is 1.24. The normalized spacial score (nSPS) is 15.3. The average molecular weight is 204 g/mol. The first-order valence-electron chi connectivity index (χ1n) is 4.78. The smallest absolute Gasteiger partial charge is 0.216 e. The minimum atomic E-state index is -0.620. The SMILES string of the molecule is CC(=O)NCCN(C(C)O)C(C)CO. The first-order chi connectivity index (χ1) is 6.49. The van der Waals surface area contributed by atoms with Crippen LogP contribution in [0.5, 0.6) is 0 Å². The fourth-order valence-corrected chi connectivity index (χ4v) is 1.24. The van der Waals surface area contributed by atoms with Gasteiger partial charge in [-0.15, -0.1) is 0 Å². The number of hydrogen-bond donors (Lipinski definition) is 3. The lowest BCUT2D eigenvalue weighted by molar-refractivity contribution is -0.119. The molecule has 0 saturated heterocycles. The molecule has 0 spiro atoms. The molecule has 1 amide bonds. The molecule has 5 heteroatoms. The molecular formula is C9H20N2O3. The standard InChI is InChI=1S/C9H20N2O3/c1-7(6-12)11(9(3)14)5-4-10-8(2)13/h7,9,12,14H,4-6H2,1-3H3,(H,10,13). The molecule has 2 atom stereocenters. The summed E-state index contributed by atoms with van der Waals surface area (Å²) in [5.41, 5.74) is 0. The van der Waals surface area contributed by atoms with Crippen LogP contribution in [0.15, 0.2) is 0 Å². The number of nitrogens with zero attached hydrogens (tertiary/aromatic N) is 1. The summed E-state index contributed by atoms with van der Waals surface area (Å²) in [6, 6.07) is -0.108. The molecule has 0 aliphatic carbocycles. The first-order valence-corrected chi connectivity index (χ1v) is 4.78. The van der Waals surface area contributed by atoms with Crippen molar-refractivity contribution < 1.29 is 15.0 Å². The van der Waals surface area contributed by atoms with Crippen LogP contribution < -0.4 is 5.32 Å². The molecule has 0 saturated carbocycles. The molecule has 5 nitrogen and oxygen atoms in total. The summed E-state index contributed by atoms with van der Waals surface area (Å²) >= 11 is 0. The second-order valence-electron chi connectivity index (χ2n) is 3.38. The summed E-state index contributed by atoms with van der Waals surface area (Å²) in [5.74, 6) is -0.0906. The third-order valence-corrected chi connectivity index (χ3v) is 2.05. The van der Waals surface area contributed by atoms with Crippen LogP contribution in [0.1, 0.15) is 20.8 Å². The van der Waals surface area contributed by atoms with Crippen LogP contribution in [0.25, 0.3) is 0 Å². The Morgan fingerprint density at radius 1 is 1.50 bits per heavy atom. The van der Waals surface area contributed by atoms with Gasteiger partial charge < -0.3 is 15.5 Å². The van der Waals surface area contributed by atoms with Crippen LogP contribution in [-0.2, 0) is 4.79 Å². The van der Waals surface area contributed by atoms with Crippen LogP contribution in [0.2, 0.25) is 0 Å². The Hall–Kier alpha value is -0.650. The molecule has 0 aromatic rings. The monoisotopic (exact) mass is 204 g/mol. The Balaban J connectivity index is 3.91.